The molecule has 4 rings (SSSR count). The Hall–Kier alpha value is -2.56. The lowest BCUT2D eigenvalue weighted by Gasteiger charge is -2.15. The van der Waals surface area contributed by atoms with Gasteiger partial charge in [-0.25, -0.2) is 0 Å². The zero-order valence-electron chi connectivity index (χ0n) is 12.6. The number of amides is 1. The van der Waals surface area contributed by atoms with Gasteiger partial charge in [-0.2, -0.15) is 0 Å². The van der Waals surface area contributed by atoms with Crippen LogP contribution in [0, 0.1) is 0 Å². The molecule has 2 aliphatic heterocycles. The largest absolute Gasteiger partial charge is 0.359 e. The lowest BCUT2D eigenvalue weighted by atomic mass is 10.0. The van der Waals surface area contributed by atoms with Crippen molar-refractivity contribution >= 4 is 23.0 Å². The lowest BCUT2D eigenvalue weighted by molar-refractivity contribution is -0.118. The van der Waals surface area contributed by atoms with Gasteiger partial charge < -0.3 is 15.5 Å². The highest BCUT2D eigenvalue weighted by Crippen LogP contribution is 2.45. The summed E-state index contributed by atoms with van der Waals surface area (Å²) in [6.45, 7) is 4.68. The van der Waals surface area contributed by atoms with Crippen molar-refractivity contribution in [3.8, 4) is 0 Å². The zero-order valence-corrected chi connectivity index (χ0v) is 12.6. The highest BCUT2D eigenvalue weighted by Gasteiger charge is 2.35. The van der Waals surface area contributed by atoms with Gasteiger partial charge in [-0.15, -0.1) is 0 Å². The Balaban J connectivity index is 1.71. The molecule has 2 aromatic rings. The molecule has 1 aromatic heterocycles. The van der Waals surface area contributed by atoms with Gasteiger partial charge in [0, 0.05) is 18.4 Å². The minimum absolute atomic E-state index is 0.0280. The Labute approximate surface area is 129 Å². The van der Waals surface area contributed by atoms with Crippen molar-refractivity contribution in [2.45, 2.75) is 25.9 Å². The van der Waals surface area contributed by atoms with Gasteiger partial charge >= 0.3 is 0 Å². The van der Waals surface area contributed by atoms with Crippen LogP contribution in [0.1, 0.15) is 37.2 Å². The van der Waals surface area contributed by atoms with Gasteiger partial charge in [-0.1, -0.05) is 6.07 Å². The Kier molecular flexibility index (Phi) is 2.82. The van der Waals surface area contributed by atoms with Gasteiger partial charge in [0.15, 0.2) is 0 Å². The maximum atomic E-state index is 12.3. The minimum atomic E-state index is -0.0732. The first kappa shape index (κ1) is 13.1. The molecule has 22 heavy (non-hydrogen) atoms. The molecule has 2 N–H and O–H groups in total. The molecule has 112 valence electrons. The molecule has 1 aromatic carbocycles. The zero-order chi connectivity index (χ0) is 15.3. The second kappa shape index (κ2) is 4.73. The summed E-state index contributed by atoms with van der Waals surface area (Å²) in [7, 11) is 0. The molecular weight excluding hydrogens is 276 g/mol. The summed E-state index contributed by atoms with van der Waals surface area (Å²) in [6, 6.07) is 10.1. The Morgan fingerprint density at radius 1 is 1.23 bits per heavy atom. The number of hydrogen-bond acceptors (Lipinski definition) is 4. The number of fused-ring (bicyclic) bond motifs is 2. The molecule has 0 radical (unpaired) electrons. The smallest absolute Gasteiger partial charge is 0.234 e. The van der Waals surface area contributed by atoms with E-state index in [-0.39, 0.29) is 18.0 Å². The number of hydrogen-bond donors (Lipinski definition) is 2. The van der Waals surface area contributed by atoms with Gasteiger partial charge in [0.25, 0.3) is 0 Å². The maximum absolute atomic E-state index is 12.3. The average Bonchev–Trinajstić information content (AvgIpc) is 3.06. The summed E-state index contributed by atoms with van der Waals surface area (Å²) in [6.07, 6.45) is 1.76. The third-order valence-electron chi connectivity index (χ3n) is 4.46. The number of anilines is 3. The van der Waals surface area contributed by atoms with Gasteiger partial charge in [0.05, 0.1) is 23.0 Å². The van der Waals surface area contributed by atoms with Crippen molar-refractivity contribution in [3.63, 3.8) is 0 Å². The Morgan fingerprint density at radius 3 is 2.68 bits per heavy atom. The number of carbonyl (C=O) groups excluding carboxylic acids is 1. The van der Waals surface area contributed by atoms with E-state index in [1.807, 2.05) is 36.9 Å². The minimum Gasteiger partial charge on any atom is -0.359 e. The number of pyridine rings is 1. The molecule has 0 aliphatic carbocycles. The number of aromatic nitrogens is 1. The van der Waals surface area contributed by atoms with Gasteiger partial charge in [-0.3, -0.25) is 9.78 Å². The van der Waals surface area contributed by atoms with Crippen LogP contribution in [0.3, 0.4) is 0 Å². The predicted octanol–water partition coefficient (Wildman–Crippen LogP) is 3.09. The van der Waals surface area contributed by atoms with E-state index in [4.69, 9.17) is 0 Å². The van der Waals surface area contributed by atoms with Crippen molar-refractivity contribution in [2.75, 3.05) is 22.1 Å². The SMILES string of the molecule is CCN1C(=O)C(C)c2cc3c(cc21)NC(c1ccccn1)N3. The topological polar surface area (TPSA) is 57.3 Å². The summed E-state index contributed by atoms with van der Waals surface area (Å²) >= 11 is 0. The number of nitrogens with one attached hydrogen (secondary N) is 2. The van der Waals surface area contributed by atoms with Crippen LogP contribution in [0.15, 0.2) is 36.5 Å². The van der Waals surface area contributed by atoms with Crippen molar-refractivity contribution in [2.24, 2.45) is 0 Å². The van der Waals surface area contributed by atoms with Crippen LogP contribution in [0.5, 0.6) is 0 Å². The molecule has 3 heterocycles. The molecule has 0 spiro atoms. The van der Waals surface area contributed by atoms with E-state index in [2.05, 4.69) is 27.8 Å². The van der Waals surface area contributed by atoms with Crippen molar-refractivity contribution in [1.29, 1.82) is 0 Å². The highest BCUT2D eigenvalue weighted by atomic mass is 16.2. The van der Waals surface area contributed by atoms with E-state index >= 15 is 0 Å². The first-order valence-corrected chi connectivity index (χ1v) is 7.62. The second-order valence-corrected chi connectivity index (χ2v) is 5.74. The normalized spacial score (nSPS) is 22.1. The van der Waals surface area contributed by atoms with Crippen LogP contribution in [-0.4, -0.2) is 17.4 Å². The van der Waals surface area contributed by atoms with Crippen molar-refractivity contribution in [3.05, 3.63) is 47.8 Å². The highest BCUT2D eigenvalue weighted by molar-refractivity contribution is 6.06. The fourth-order valence-electron chi connectivity index (χ4n) is 3.28. The molecule has 2 aliphatic rings. The van der Waals surface area contributed by atoms with Gasteiger partial charge in [0.2, 0.25) is 5.91 Å². The van der Waals surface area contributed by atoms with Crippen LogP contribution in [0.2, 0.25) is 0 Å². The molecule has 0 fully saturated rings. The molecule has 0 saturated carbocycles. The molecule has 1 amide bonds. The van der Waals surface area contributed by atoms with E-state index in [1.54, 1.807) is 6.20 Å². The number of likely N-dealkylation sites (N-methyl/N-ethyl adjacent to an activating group) is 1. The predicted molar refractivity (Wildman–Crippen MR) is 87.1 cm³/mol. The van der Waals surface area contributed by atoms with E-state index in [9.17, 15) is 4.79 Å². The third-order valence-corrected chi connectivity index (χ3v) is 4.46. The summed E-state index contributed by atoms with van der Waals surface area (Å²) in [4.78, 5) is 18.5. The summed E-state index contributed by atoms with van der Waals surface area (Å²) in [5, 5.41) is 6.89. The third kappa shape index (κ3) is 1.78. The van der Waals surface area contributed by atoms with Crippen LogP contribution < -0.4 is 15.5 Å². The quantitative estimate of drug-likeness (QED) is 0.893. The first-order valence-electron chi connectivity index (χ1n) is 7.62. The summed E-state index contributed by atoms with van der Waals surface area (Å²) in [5.41, 5.74) is 5.13. The van der Waals surface area contributed by atoms with E-state index < -0.39 is 0 Å². The van der Waals surface area contributed by atoms with Gasteiger partial charge in [0.1, 0.15) is 6.17 Å². The monoisotopic (exact) mass is 294 g/mol. The Morgan fingerprint density at radius 2 is 2.00 bits per heavy atom. The molecule has 0 saturated heterocycles. The van der Waals surface area contributed by atoms with Crippen LogP contribution in [-0.2, 0) is 4.79 Å². The summed E-state index contributed by atoms with van der Waals surface area (Å²) in [5.74, 6) is 0.110. The van der Waals surface area contributed by atoms with Crippen LogP contribution in [0.25, 0.3) is 0 Å². The maximum Gasteiger partial charge on any atom is 0.234 e. The van der Waals surface area contributed by atoms with Crippen molar-refractivity contribution in [1.82, 2.24) is 4.98 Å². The van der Waals surface area contributed by atoms with E-state index in [1.165, 1.54) is 0 Å². The Bertz CT molecular complexity index is 744. The molecule has 2 atom stereocenters. The summed E-state index contributed by atoms with van der Waals surface area (Å²) < 4.78 is 0. The number of nitrogens with zero attached hydrogens (tertiary/aromatic N) is 2. The molecule has 5 heteroatoms. The van der Waals surface area contributed by atoms with E-state index in [0.29, 0.717) is 6.54 Å². The molecule has 2 unspecified atom stereocenters. The first-order chi connectivity index (χ1) is 10.7. The molecular formula is C17H18N4O. The lowest BCUT2D eigenvalue weighted by Crippen LogP contribution is -2.27. The van der Waals surface area contributed by atoms with Gasteiger partial charge in [-0.05, 0) is 43.7 Å². The van der Waals surface area contributed by atoms with E-state index in [0.717, 1.165) is 28.3 Å². The number of benzene rings is 1. The van der Waals surface area contributed by atoms with Crippen molar-refractivity contribution < 1.29 is 4.79 Å². The fourth-order valence-corrected chi connectivity index (χ4v) is 3.28. The number of rotatable bonds is 2. The van der Waals surface area contributed by atoms with Crippen LogP contribution >= 0.6 is 0 Å². The fraction of sp³-hybridized carbons (Fsp3) is 0.294. The molecule has 5 nitrogen and oxygen atoms in total. The second-order valence-electron chi connectivity index (χ2n) is 5.74. The molecule has 0 bridgehead atoms. The number of carbonyl (C=O) groups is 1. The van der Waals surface area contributed by atoms with Crippen LogP contribution in [0.4, 0.5) is 17.1 Å². The standard InChI is InChI=1S/C17H18N4O/c1-3-21-15-9-14-13(8-11(15)10(2)17(21)22)19-16(20-14)12-6-4-5-7-18-12/h4-10,16,19-20H,3H2,1-2H3. The average molecular weight is 294 g/mol.